The summed E-state index contributed by atoms with van der Waals surface area (Å²) >= 11 is 1.49. The molecule has 7 heteroatoms. The first kappa shape index (κ1) is 15.2. The Morgan fingerprint density at radius 3 is 2.33 bits per heavy atom. The average Bonchev–Trinajstić information content (AvgIpc) is 2.71. The summed E-state index contributed by atoms with van der Waals surface area (Å²) in [6.07, 6.45) is 7.30. The van der Waals surface area contributed by atoms with Gasteiger partial charge >= 0.3 is 0 Å². The summed E-state index contributed by atoms with van der Waals surface area (Å²) in [6.45, 7) is 0. The lowest BCUT2D eigenvalue weighted by molar-refractivity contribution is -0.140. The van der Waals surface area contributed by atoms with E-state index < -0.39 is 7.01 Å². The van der Waals surface area contributed by atoms with Gasteiger partial charge in [-0.1, -0.05) is 12.2 Å². The predicted octanol–water partition coefficient (Wildman–Crippen LogP) is 2.08. The standard InChI is InChI=1S/C14H16INO4S/c15-21(19,20)10-7-5-9(6-8-10)16-13(17)11-3-1-2-4-12(11)14(16)18/h1,3,9-10H,2,4-8H2. The van der Waals surface area contributed by atoms with E-state index in [-0.39, 0.29) is 23.1 Å². The van der Waals surface area contributed by atoms with Crippen LogP contribution in [0.4, 0.5) is 0 Å². The molecule has 0 spiro atoms. The van der Waals surface area contributed by atoms with Crippen molar-refractivity contribution >= 4 is 40.0 Å². The molecule has 0 saturated heterocycles. The van der Waals surface area contributed by atoms with Crippen molar-refractivity contribution in [3.63, 3.8) is 0 Å². The SMILES string of the molecule is O=C1C2=C(CCC=C2)C(=O)N1C1CCC(S(=O)(=O)I)CC1. The number of carbonyl (C=O) groups excluding carboxylic acids is 2. The molecule has 0 aromatic carbocycles. The molecular formula is C14H16INO4S. The molecule has 0 atom stereocenters. The van der Waals surface area contributed by atoms with Gasteiger partial charge in [0, 0.05) is 17.2 Å². The molecule has 2 amide bonds. The first-order valence-corrected chi connectivity index (χ1v) is 11.2. The molecule has 1 aliphatic heterocycles. The first-order valence-electron chi connectivity index (χ1n) is 7.10. The van der Waals surface area contributed by atoms with E-state index in [0.29, 0.717) is 43.3 Å². The Hall–Kier alpha value is -0.700. The lowest BCUT2D eigenvalue weighted by atomic mass is 9.93. The molecule has 1 saturated carbocycles. The molecule has 3 aliphatic rings. The van der Waals surface area contributed by atoms with Crippen LogP contribution in [0, 0.1) is 0 Å². The van der Waals surface area contributed by atoms with E-state index in [1.165, 1.54) is 26.1 Å². The van der Waals surface area contributed by atoms with Gasteiger partial charge in [0.05, 0.1) is 26.5 Å². The average molecular weight is 421 g/mol. The van der Waals surface area contributed by atoms with Crippen molar-refractivity contribution in [2.45, 2.75) is 49.8 Å². The lowest BCUT2D eigenvalue weighted by Gasteiger charge is -2.32. The molecule has 0 unspecified atom stereocenters. The second-order valence-electron chi connectivity index (χ2n) is 5.72. The fourth-order valence-corrected chi connectivity index (χ4v) is 5.73. The van der Waals surface area contributed by atoms with Crippen molar-refractivity contribution in [1.29, 1.82) is 0 Å². The van der Waals surface area contributed by atoms with Crippen LogP contribution < -0.4 is 0 Å². The topological polar surface area (TPSA) is 71.5 Å². The summed E-state index contributed by atoms with van der Waals surface area (Å²) in [5, 5.41) is -0.343. The molecule has 1 heterocycles. The van der Waals surface area contributed by atoms with E-state index in [0.717, 1.165) is 6.42 Å². The van der Waals surface area contributed by atoms with Gasteiger partial charge in [0.2, 0.25) is 7.01 Å². The maximum absolute atomic E-state index is 12.4. The highest BCUT2D eigenvalue weighted by molar-refractivity contribution is 14.2. The summed E-state index contributed by atoms with van der Waals surface area (Å²) in [5.41, 5.74) is 1.17. The minimum absolute atomic E-state index is 0.154. The summed E-state index contributed by atoms with van der Waals surface area (Å²) in [6, 6.07) is -0.154. The fraction of sp³-hybridized carbons (Fsp3) is 0.571. The molecule has 5 nitrogen and oxygen atoms in total. The van der Waals surface area contributed by atoms with Crippen LogP contribution in [-0.2, 0) is 16.6 Å². The zero-order chi connectivity index (χ0) is 15.2. The lowest BCUT2D eigenvalue weighted by Crippen LogP contribution is -2.44. The normalized spacial score (nSPS) is 30.0. The molecule has 114 valence electrons. The van der Waals surface area contributed by atoms with Crippen molar-refractivity contribution < 1.29 is 18.0 Å². The number of hydrogen-bond acceptors (Lipinski definition) is 4. The van der Waals surface area contributed by atoms with E-state index in [1.54, 1.807) is 6.08 Å². The second kappa shape index (κ2) is 5.49. The van der Waals surface area contributed by atoms with Gasteiger partial charge in [-0.05, 0) is 38.5 Å². The van der Waals surface area contributed by atoms with Crippen LogP contribution in [0.1, 0.15) is 38.5 Å². The van der Waals surface area contributed by atoms with Crippen molar-refractivity contribution in [1.82, 2.24) is 4.90 Å². The minimum atomic E-state index is -3.06. The van der Waals surface area contributed by atoms with Crippen LogP contribution in [0.15, 0.2) is 23.3 Å². The minimum Gasteiger partial charge on any atom is -0.272 e. The number of rotatable bonds is 2. The fourth-order valence-electron chi connectivity index (χ4n) is 3.37. The Kier molecular flexibility index (Phi) is 3.98. The van der Waals surface area contributed by atoms with Gasteiger partial charge in [0.1, 0.15) is 0 Å². The molecule has 21 heavy (non-hydrogen) atoms. The van der Waals surface area contributed by atoms with Crippen LogP contribution in [-0.4, -0.2) is 36.4 Å². The molecular weight excluding hydrogens is 405 g/mol. The molecule has 1 fully saturated rings. The molecule has 2 aliphatic carbocycles. The van der Waals surface area contributed by atoms with Gasteiger partial charge in [-0.2, -0.15) is 0 Å². The van der Waals surface area contributed by atoms with Crippen LogP contribution in [0.3, 0.4) is 0 Å². The largest absolute Gasteiger partial charge is 0.272 e. The van der Waals surface area contributed by atoms with Crippen LogP contribution >= 0.6 is 21.2 Å². The maximum Gasteiger partial charge on any atom is 0.261 e. The van der Waals surface area contributed by atoms with E-state index in [1.807, 2.05) is 6.08 Å². The van der Waals surface area contributed by atoms with Crippen LogP contribution in [0.25, 0.3) is 0 Å². The Morgan fingerprint density at radius 2 is 1.76 bits per heavy atom. The van der Waals surface area contributed by atoms with E-state index in [4.69, 9.17) is 0 Å². The quantitative estimate of drug-likeness (QED) is 0.389. The predicted molar refractivity (Wildman–Crippen MR) is 86.2 cm³/mol. The Morgan fingerprint density at radius 1 is 1.10 bits per heavy atom. The van der Waals surface area contributed by atoms with Crippen molar-refractivity contribution in [2.75, 3.05) is 0 Å². The highest BCUT2D eigenvalue weighted by Gasteiger charge is 2.43. The van der Waals surface area contributed by atoms with Gasteiger partial charge in [0.15, 0.2) is 0 Å². The van der Waals surface area contributed by atoms with E-state index in [2.05, 4.69) is 0 Å². The summed E-state index contributed by atoms with van der Waals surface area (Å²) in [5.74, 6) is -0.369. The third-order valence-electron chi connectivity index (χ3n) is 4.50. The zero-order valence-corrected chi connectivity index (χ0v) is 14.4. The van der Waals surface area contributed by atoms with Crippen LogP contribution in [0.2, 0.25) is 0 Å². The van der Waals surface area contributed by atoms with Gasteiger partial charge < -0.3 is 0 Å². The van der Waals surface area contributed by atoms with Crippen molar-refractivity contribution in [2.24, 2.45) is 0 Å². The van der Waals surface area contributed by atoms with Crippen LogP contribution in [0.5, 0.6) is 0 Å². The Balaban J connectivity index is 1.74. The van der Waals surface area contributed by atoms with Gasteiger partial charge in [0.25, 0.3) is 11.8 Å². The van der Waals surface area contributed by atoms with Crippen molar-refractivity contribution in [3.8, 4) is 0 Å². The Bertz CT molecular complexity index is 656. The summed E-state index contributed by atoms with van der Waals surface area (Å²) in [4.78, 5) is 26.2. The number of imide groups is 1. The summed E-state index contributed by atoms with van der Waals surface area (Å²) < 4.78 is 23.1. The van der Waals surface area contributed by atoms with Gasteiger partial charge in [-0.15, -0.1) is 0 Å². The third-order valence-corrected chi connectivity index (χ3v) is 7.93. The Labute approximate surface area is 136 Å². The second-order valence-corrected chi connectivity index (χ2v) is 11.0. The van der Waals surface area contributed by atoms with Gasteiger partial charge in [-0.25, -0.2) is 8.42 Å². The monoisotopic (exact) mass is 421 g/mol. The third kappa shape index (κ3) is 2.69. The molecule has 0 bridgehead atoms. The van der Waals surface area contributed by atoms with E-state index >= 15 is 0 Å². The number of hydrogen-bond donors (Lipinski definition) is 0. The number of amides is 2. The molecule has 0 radical (unpaired) electrons. The highest BCUT2D eigenvalue weighted by Crippen LogP contribution is 2.36. The van der Waals surface area contributed by atoms with Crippen molar-refractivity contribution in [3.05, 3.63) is 23.3 Å². The zero-order valence-electron chi connectivity index (χ0n) is 11.4. The maximum atomic E-state index is 12.4. The van der Waals surface area contributed by atoms with Gasteiger partial charge in [-0.3, -0.25) is 14.5 Å². The first-order chi connectivity index (χ1) is 9.89. The molecule has 0 aromatic rings. The molecule has 0 aromatic heterocycles. The van der Waals surface area contributed by atoms with E-state index in [9.17, 15) is 18.0 Å². The number of halogens is 1. The number of carbonyl (C=O) groups is 2. The highest BCUT2D eigenvalue weighted by atomic mass is 127. The molecule has 0 N–H and O–H groups in total. The number of allylic oxidation sites excluding steroid dienone is 1. The number of nitrogens with zero attached hydrogens (tertiary/aromatic N) is 1. The molecule has 3 rings (SSSR count). The smallest absolute Gasteiger partial charge is 0.261 e. The summed E-state index contributed by atoms with van der Waals surface area (Å²) in [7, 11) is -3.06.